The largest absolute Gasteiger partial charge is 0.368 e. The summed E-state index contributed by atoms with van der Waals surface area (Å²) in [6, 6.07) is 16.3. The van der Waals surface area contributed by atoms with Crippen molar-refractivity contribution in [3.63, 3.8) is 0 Å². The Bertz CT molecular complexity index is 1170. The first kappa shape index (κ1) is 20.8. The lowest BCUT2D eigenvalue weighted by Crippen LogP contribution is -2.77. The van der Waals surface area contributed by atoms with Gasteiger partial charge in [0, 0.05) is 37.1 Å². The third-order valence-corrected chi connectivity index (χ3v) is 6.88. The number of aryl methyl sites for hydroxylation is 1. The minimum Gasteiger partial charge on any atom is -0.368 e. The highest BCUT2D eigenvalue weighted by Gasteiger charge is 2.66. The summed E-state index contributed by atoms with van der Waals surface area (Å²) in [5.41, 5.74) is 3.44. The van der Waals surface area contributed by atoms with E-state index in [0.717, 1.165) is 34.9 Å². The van der Waals surface area contributed by atoms with E-state index in [4.69, 9.17) is 4.74 Å². The first-order valence-electron chi connectivity index (χ1n) is 11.2. The predicted molar refractivity (Wildman–Crippen MR) is 123 cm³/mol. The van der Waals surface area contributed by atoms with Crippen LogP contribution < -0.4 is 5.32 Å². The SMILES string of the molecule is CC(=O)NC1(C2(OCc3cccc(C)c3)CC2)CN(C(=O)Cc2c[nH]c3ccccc23)C1. The molecule has 0 radical (unpaired) electrons. The van der Waals surface area contributed by atoms with E-state index < -0.39 is 11.1 Å². The van der Waals surface area contributed by atoms with E-state index in [0.29, 0.717) is 26.1 Å². The van der Waals surface area contributed by atoms with E-state index in [-0.39, 0.29) is 11.8 Å². The molecule has 1 aliphatic heterocycles. The second-order valence-electron chi connectivity index (χ2n) is 9.32. The molecule has 2 N–H and O–H groups in total. The lowest BCUT2D eigenvalue weighted by Gasteiger charge is -2.54. The van der Waals surface area contributed by atoms with Gasteiger partial charge in [-0.15, -0.1) is 0 Å². The van der Waals surface area contributed by atoms with E-state index in [2.05, 4.69) is 35.4 Å². The molecule has 0 unspecified atom stereocenters. The highest BCUT2D eigenvalue weighted by Crippen LogP contribution is 2.52. The van der Waals surface area contributed by atoms with Crippen molar-refractivity contribution in [2.75, 3.05) is 13.1 Å². The van der Waals surface area contributed by atoms with Gasteiger partial charge in [-0.25, -0.2) is 0 Å². The number of amides is 2. The van der Waals surface area contributed by atoms with Crippen molar-refractivity contribution in [2.24, 2.45) is 0 Å². The number of hydrogen-bond acceptors (Lipinski definition) is 3. The number of fused-ring (bicyclic) bond motifs is 1. The zero-order valence-electron chi connectivity index (χ0n) is 18.6. The Balaban J connectivity index is 1.28. The van der Waals surface area contributed by atoms with Crippen LogP contribution in [0.25, 0.3) is 10.9 Å². The van der Waals surface area contributed by atoms with Crippen LogP contribution in [0.3, 0.4) is 0 Å². The molecule has 1 aliphatic carbocycles. The Hall–Kier alpha value is -3.12. The molecule has 0 atom stereocenters. The molecule has 32 heavy (non-hydrogen) atoms. The zero-order valence-corrected chi connectivity index (χ0v) is 18.6. The van der Waals surface area contributed by atoms with Gasteiger partial charge in [0.05, 0.1) is 18.6 Å². The van der Waals surface area contributed by atoms with Crippen molar-refractivity contribution in [3.05, 3.63) is 71.4 Å². The number of aromatic nitrogens is 1. The molecular formula is C26H29N3O3. The highest BCUT2D eigenvalue weighted by atomic mass is 16.5. The minimum atomic E-state index is -0.515. The zero-order chi connectivity index (χ0) is 22.3. The normalized spacial score (nSPS) is 18.2. The van der Waals surface area contributed by atoms with Crippen LogP contribution in [0.15, 0.2) is 54.7 Å². The first-order valence-corrected chi connectivity index (χ1v) is 11.2. The third-order valence-electron chi connectivity index (χ3n) is 6.88. The summed E-state index contributed by atoms with van der Waals surface area (Å²) < 4.78 is 6.42. The monoisotopic (exact) mass is 431 g/mol. The highest BCUT2D eigenvalue weighted by molar-refractivity contribution is 5.89. The van der Waals surface area contributed by atoms with Gasteiger partial charge < -0.3 is 19.9 Å². The average molecular weight is 432 g/mol. The number of benzene rings is 2. The standard InChI is InChI=1S/C26H29N3O3/c1-18-6-5-7-20(12-18)15-32-26(10-11-26)25(28-19(2)30)16-29(17-25)24(31)13-21-14-27-23-9-4-3-8-22(21)23/h3-9,12,14,27H,10-11,13,15-17H2,1-2H3,(H,28,30). The van der Waals surface area contributed by atoms with Gasteiger partial charge in [0.25, 0.3) is 0 Å². The van der Waals surface area contributed by atoms with E-state index in [1.165, 1.54) is 12.5 Å². The van der Waals surface area contributed by atoms with E-state index in [1.807, 2.05) is 41.4 Å². The summed E-state index contributed by atoms with van der Waals surface area (Å²) in [5, 5.41) is 4.23. The smallest absolute Gasteiger partial charge is 0.227 e. The number of para-hydroxylation sites is 1. The maximum absolute atomic E-state index is 13.0. The number of hydrogen-bond donors (Lipinski definition) is 2. The fourth-order valence-electron chi connectivity index (χ4n) is 5.05. The Morgan fingerprint density at radius 1 is 1.12 bits per heavy atom. The number of nitrogens with one attached hydrogen (secondary N) is 2. The molecule has 0 bridgehead atoms. The molecular weight excluding hydrogens is 402 g/mol. The second kappa shape index (κ2) is 7.78. The summed E-state index contributed by atoms with van der Waals surface area (Å²) in [7, 11) is 0. The van der Waals surface area contributed by atoms with Crippen LogP contribution in [0.1, 0.15) is 36.5 Å². The summed E-state index contributed by atoms with van der Waals surface area (Å²) >= 11 is 0. The van der Waals surface area contributed by atoms with Crippen molar-refractivity contribution >= 4 is 22.7 Å². The molecule has 2 aromatic carbocycles. The average Bonchev–Trinajstić information content (AvgIpc) is 3.43. The van der Waals surface area contributed by atoms with Crippen molar-refractivity contribution in [1.82, 2.24) is 15.2 Å². The van der Waals surface area contributed by atoms with Crippen LogP contribution in [0.5, 0.6) is 0 Å². The molecule has 6 heteroatoms. The number of rotatable bonds is 7. The fourth-order valence-corrected chi connectivity index (χ4v) is 5.05. The van der Waals surface area contributed by atoms with Crippen molar-refractivity contribution < 1.29 is 14.3 Å². The number of H-pyrrole nitrogens is 1. The van der Waals surface area contributed by atoms with Gasteiger partial charge in [0.2, 0.25) is 11.8 Å². The molecule has 2 fully saturated rings. The molecule has 2 amide bonds. The van der Waals surface area contributed by atoms with Gasteiger partial charge >= 0.3 is 0 Å². The van der Waals surface area contributed by atoms with Crippen LogP contribution in [0.2, 0.25) is 0 Å². The Morgan fingerprint density at radius 3 is 2.62 bits per heavy atom. The molecule has 6 nitrogen and oxygen atoms in total. The summed E-state index contributed by atoms with van der Waals surface area (Å²) in [5.74, 6) is -0.00984. The van der Waals surface area contributed by atoms with Gasteiger partial charge in [0.15, 0.2) is 0 Å². The van der Waals surface area contributed by atoms with Gasteiger partial charge in [-0.1, -0.05) is 48.0 Å². The number of ether oxygens (including phenoxy) is 1. The Labute approximate surface area is 187 Å². The molecule has 2 heterocycles. The number of likely N-dealkylation sites (tertiary alicyclic amines) is 1. The van der Waals surface area contributed by atoms with Gasteiger partial charge in [-0.2, -0.15) is 0 Å². The van der Waals surface area contributed by atoms with Gasteiger partial charge in [0.1, 0.15) is 5.54 Å². The Kier molecular flexibility index (Phi) is 5.05. The molecule has 2 aliphatic rings. The topological polar surface area (TPSA) is 74.4 Å². The molecule has 1 saturated carbocycles. The number of nitrogens with zero attached hydrogens (tertiary/aromatic N) is 1. The quantitative estimate of drug-likeness (QED) is 0.601. The van der Waals surface area contributed by atoms with E-state index in [9.17, 15) is 9.59 Å². The molecule has 5 rings (SSSR count). The van der Waals surface area contributed by atoms with Crippen LogP contribution >= 0.6 is 0 Å². The molecule has 1 aromatic heterocycles. The maximum Gasteiger partial charge on any atom is 0.227 e. The number of aromatic amines is 1. The predicted octanol–water partition coefficient (Wildman–Crippen LogP) is 3.49. The Morgan fingerprint density at radius 2 is 1.91 bits per heavy atom. The number of carbonyl (C=O) groups is 2. The molecule has 166 valence electrons. The van der Waals surface area contributed by atoms with Gasteiger partial charge in [-0.05, 0) is 37.0 Å². The van der Waals surface area contributed by atoms with Crippen LogP contribution in [0, 0.1) is 6.92 Å². The van der Waals surface area contributed by atoms with Gasteiger partial charge in [-0.3, -0.25) is 9.59 Å². The van der Waals surface area contributed by atoms with E-state index in [1.54, 1.807) is 0 Å². The summed E-state index contributed by atoms with van der Waals surface area (Å²) in [6.07, 6.45) is 4.04. The lowest BCUT2D eigenvalue weighted by molar-refractivity contribution is -0.156. The molecule has 0 spiro atoms. The summed E-state index contributed by atoms with van der Waals surface area (Å²) in [6.45, 7) is 5.09. The summed E-state index contributed by atoms with van der Waals surface area (Å²) in [4.78, 5) is 30.2. The van der Waals surface area contributed by atoms with E-state index >= 15 is 0 Å². The molecule has 1 saturated heterocycles. The van der Waals surface area contributed by atoms with Crippen LogP contribution in [-0.4, -0.2) is 45.9 Å². The molecule has 3 aromatic rings. The minimum absolute atomic E-state index is 0.0743. The number of carbonyl (C=O) groups excluding carboxylic acids is 2. The van der Waals surface area contributed by atoms with Crippen molar-refractivity contribution in [1.29, 1.82) is 0 Å². The van der Waals surface area contributed by atoms with Crippen LogP contribution in [-0.2, 0) is 27.4 Å². The second-order valence-corrected chi connectivity index (χ2v) is 9.32. The van der Waals surface area contributed by atoms with Crippen molar-refractivity contribution in [2.45, 2.75) is 50.9 Å². The van der Waals surface area contributed by atoms with Crippen LogP contribution in [0.4, 0.5) is 0 Å². The lowest BCUT2D eigenvalue weighted by atomic mass is 9.80. The van der Waals surface area contributed by atoms with Crippen molar-refractivity contribution in [3.8, 4) is 0 Å². The first-order chi connectivity index (χ1) is 15.4. The third kappa shape index (κ3) is 3.69. The fraction of sp³-hybridized carbons (Fsp3) is 0.385. The maximum atomic E-state index is 13.0.